The minimum atomic E-state index is 0.498. The Morgan fingerprint density at radius 1 is 1.30 bits per heavy atom. The van der Waals surface area contributed by atoms with E-state index < -0.39 is 0 Å². The molecule has 1 aliphatic rings. The number of benzene rings is 1. The van der Waals surface area contributed by atoms with Gasteiger partial charge in [0.1, 0.15) is 0 Å². The van der Waals surface area contributed by atoms with E-state index in [-0.39, 0.29) is 0 Å². The fourth-order valence-electron chi connectivity index (χ4n) is 1.33. The van der Waals surface area contributed by atoms with Crippen LogP contribution in [0.5, 0.6) is 0 Å². The third kappa shape index (κ3) is 0.783. The molecule has 0 spiro atoms. The Hall–Kier alpha value is -0.980. The Balaban J connectivity index is 2.42. The Bertz CT molecular complexity index is 217. The minimum Gasteiger partial charge on any atom is -0.382 e. The molecule has 1 aromatic rings. The van der Waals surface area contributed by atoms with Gasteiger partial charge < -0.3 is 5.32 Å². The van der Waals surface area contributed by atoms with Crippen molar-refractivity contribution < 1.29 is 0 Å². The van der Waals surface area contributed by atoms with Gasteiger partial charge in [0, 0.05) is 18.2 Å². The van der Waals surface area contributed by atoms with Crippen molar-refractivity contribution in [2.75, 3.05) is 5.32 Å². The molecule has 51 valence electrons. The number of para-hydroxylation sites is 1. The molecule has 0 aromatic heterocycles. The molecule has 10 heavy (non-hydrogen) atoms. The van der Waals surface area contributed by atoms with Gasteiger partial charge in [-0.2, -0.15) is 0 Å². The molecule has 0 fully saturated rings. The SMILES string of the molecule is CC1[CH]c2ccccc2N1. The normalized spacial score (nSPS) is 21.9. The molecule has 0 bridgehead atoms. The van der Waals surface area contributed by atoms with Gasteiger partial charge in [-0.1, -0.05) is 18.2 Å². The molecule has 0 saturated heterocycles. The third-order valence-electron chi connectivity index (χ3n) is 1.77. The summed E-state index contributed by atoms with van der Waals surface area (Å²) in [4.78, 5) is 0. The minimum absolute atomic E-state index is 0.498. The molecule has 2 rings (SSSR count). The van der Waals surface area contributed by atoms with E-state index in [1.165, 1.54) is 11.3 Å². The highest BCUT2D eigenvalue weighted by Crippen LogP contribution is 2.25. The summed E-state index contributed by atoms with van der Waals surface area (Å²) in [6.07, 6.45) is 2.23. The Kier molecular flexibility index (Phi) is 1.16. The van der Waals surface area contributed by atoms with Gasteiger partial charge in [0.2, 0.25) is 0 Å². The molecule has 1 aliphatic heterocycles. The average molecular weight is 132 g/mol. The fourth-order valence-corrected chi connectivity index (χ4v) is 1.33. The van der Waals surface area contributed by atoms with Crippen molar-refractivity contribution >= 4 is 5.69 Å². The van der Waals surface area contributed by atoms with Crippen molar-refractivity contribution in [3.63, 3.8) is 0 Å². The number of hydrogen-bond acceptors (Lipinski definition) is 1. The molecule has 1 heterocycles. The zero-order valence-electron chi connectivity index (χ0n) is 5.96. The molecule has 0 aliphatic carbocycles. The summed E-state index contributed by atoms with van der Waals surface area (Å²) in [6, 6.07) is 8.85. The van der Waals surface area contributed by atoms with Gasteiger partial charge in [-0.3, -0.25) is 0 Å². The molecule has 1 radical (unpaired) electrons. The van der Waals surface area contributed by atoms with Crippen LogP contribution < -0.4 is 5.32 Å². The maximum atomic E-state index is 3.34. The van der Waals surface area contributed by atoms with E-state index in [1.807, 2.05) is 0 Å². The molecule has 1 heteroatoms. The second-order valence-electron chi connectivity index (χ2n) is 2.69. The number of rotatable bonds is 0. The molecule has 1 N–H and O–H groups in total. The smallest absolute Gasteiger partial charge is 0.0378 e. The summed E-state index contributed by atoms with van der Waals surface area (Å²) in [6.45, 7) is 2.15. The summed E-state index contributed by atoms with van der Waals surface area (Å²) >= 11 is 0. The van der Waals surface area contributed by atoms with Crippen LogP contribution in [-0.2, 0) is 0 Å². The van der Waals surface area contributed by atoms with Crippen LogP contribution in [0.3, 0.4) is 0 Å². The maximum Gasteiger partial charge on any atom is 0.0378 e. The van der Waals surface area contributed by atoms with Crippen LogP contribution in [0.2, 0.25) is 0 Å². The zero-order chi connectivity index (χ0) is 6.97. The van der Waals surface area contributed by atoms with Gasteiger partial charge in [-0.15, -0.1) is 0 Å². The van der Waals surface area contributed by atoms with Crippen molar-refractivity contribution in [1.29, 1.82) is 0 Å². The van der Waals surface area contributed by atoms with E-state index >= 15 is 0 Å². The third-order valence-corrected chi connectivity index (χ3v) is 1.77. The zero-order valence-corrected chi connectivity index (χ0v) is 5.96. The first-order valence-electron chi connectivity index (χ1n) is 3.57. The quantitative estimate of drug-likeness (QED) is 0.569. The topological polar surface area (TPSA) is 12.0 Å². The molecule has 1 nitrogen and oxygen atoms in total. The molecular formula is C9H10N. The number of anilines is 1. The standard InChI is InChI=1S/C9H10N/c1-7-6-8-4-2-3-5-9(8)10-7/h2-7,10H,1H3. The van der Waals surface area contributed by atoms with Gasteiger partial charge in [-0.05, 0) is 18.6 Å². The van der Waals surface area contributed by atoms with Crippen molar-refractivity contribution in [2.24, 2.45) is 0 Å². The Morgan fingerprint density at radius 2 is 2.10 bits per heavy atom. The van der Waals surface area contributed by atoms with Crippen LogP contribution in [0.25, 0.3) is 0 Å². The summed E-state index contributed by atoms with van der Waals surface area (Å²) < 4.78 is 0. The van der Waals surface area contributed by atoms with Gasteiger partial charge >= 0.3 is 0 Å². The van der Waals surface area contributed by atoms with Gasteiger partial charge in [0.05, 0.1) is 0 Å². The summed E-state index contributed by atoms with van der Waals surface area (Å²) in [5, 5.41) is 3.34. The highest BCUT2D eigenvalue weighted by Gasteiger charge is 2.14. The van der Waals surface area contributed by atoms with E-state index in [9.17, 15) is 0 Å². The first-order chi connectivity index (χ1) is 4.86. The first kappa shape index (κ1) is 5.78. The Morgan fingerprint density at radius 3 is 2.90 bits per heavy atom. The van der Waals surface area contributed by atoms with Crippen LogP contribution in [-0.4, -0.2) is 6.04 Å². The van der Waals surface area contributed by atoms with Crippen LogP contribution in [0.15, 0.2) is 24.3 Å². The second-order valence-corrected chi connectivity index (χ2v) is 2.69. The van der Waals surface area contributed by atoms with Crippen molar-refractivity contribution in [3.05, 3.63) is 36.2 Å². The molecule has 1 aromatic carbocycles. The lowest BCUT2D eigenvalue weighted by atomic mass is 10.1. The van der Waals surface area contributed by atoms with E-state index in [4.69, 9.17) is 0 Å². The van der Waals surface area contributed by atoms with Crippen LogP contribution in [0.1, 0.15) is 12.5 Å². The predicted molar refractivity (Wildman–Crippen MR) is 42.9 cm³/mol. The lowest BCUT2D eigenvalue weighted by Crippen LogP contribution is -2.06. The highest BCUT2D eigenvalue weighted by atomic mass is 14.9. The molecule has 0 amide bonds. The average Bonchev–Trinajstić information content (AvgIpc) is 2.27. The van der Waals surface area contributed by atoms with Crippen LogP contribution in [0, 0.1) is 6.42 Å². The second kappa shape index (κ2) is 2.01. The van der Waals surface area contributed by atoms with E-state index in [0.29, 0.717) is 6.04 Å². The Labute approximate surface area is 61.1 Å². The summed E-state index contributed by atoms with van der Waals surface area (Å²) in [5.41, 5.74) is 2.59. The summed E-state index contributed by atoms with van der Waals surface area (Å²) in [5.74, 6) is 0. The van der Waals surface area contributed by atoms with Crippen molar-refractivity contribution in [2.45, 2.75) is 13.0 Å². The molecule has 1 unspecified atom stereocenters. The fraction of sp³-hybridized carbons (Fsp3) is 0.222. The van der Waals surface area contributed by atoms with Crippen molar-refractivity contribution in [1.82, 2.24) is 0 Å². The monoisotopic (exact) mass is 132 g/mol. The predicted octanol–water partition coefficient (Wildman–Crippen LogP) is 2.05. The van der Waals surface area contributed by atoms with Gasteiger partial charge in [0.25, 0.3) is 0 Å². The van der Waals surface area contributed by atoms with Gasteiger partial charge in [-0.25, -0.2) is 0 Å². The van der Waals surface area contributed by atoms with Crippen LogP contribution in [0.4, 0.5) is 5.69 Å². The molecular weight excluding hydrogens is 122 g/mol. The summed E-state index contributed by atoms with van der Waals surface area (Å²) in [7, 11) is 0. The van der Waals surface area contributed by atoms with E-state index in [2.05, 4.69) is 42.9 Å². The molecule has 0 saturated carbocycles. The lowest BCUT2D eigenvalue weighted by Gasteiger charge is -2.00. The first-order valence-corrected chi connectivity index (χ1v) is 3.57. The van der Waals surface area contributed by atoms with Crippen LogP contribution >= 0.6 is 0 Å². The number of hydrogen-bond donors (Lipinski definition) is 1. The maximum absolute atomic E-state index is 3.34. The largest absolute Gasteiger partial charge is 0.382 e. The number of fused-ring (bicyclic) bond motifs is 1. The highest BCUT2D eigenvalue weighted by molar-refractivity contribution is 5.61. The lowest BCUT2D eigenvalue weighted by molar-refractivity contribution is 0.982. The van der Waals surface area contributed by atoms with E-state index in [1.54, 1.807) is 0 Å². The number of nitrogens with one attached hydrogen (secondary N) is 1. The van der Waals surface area contributed by atoms with Gasteiger partial charge in [0.15, 0.2) is 0 Å². The molecule has 1 atom stereocenters. The van der Waals surface area contributed by atoms with Crippen molar-refractivity contribution in [3.8, 4) is 0 Å². The van der Waals surface area contributed by atoms with E-state index in [0.717, 1.165) is 0 Å².